The van der Waals surface area contributed by atoms with Crippen LogP contribution in [0, 0.1) is 6.92 Å². The molecule has 0 aliphatic rings. The van der Waals surface area contributed by atoms with Gasteiger partial charge in [-0.2, -0.15) is 6.42 Å². The van der Waals surface area contributed by atoms with Gasteiger partial charge in [-0.05, 0) is 13.3 Å². The number of allylic oxidation sites excluding steroid dienone is 1. The van der Waals surface area contributed by atoms with Crippen molar-refractivity contribution in [3.8, 4) is 0 Å². The minimum absolute atomic E-state index is 0. The molecule has 0 spiro atoms. The Hall–Kier alpha value is 1.16. The standard InChI is InChI=1S/C9H17O2.HI.Mg/c1-3-5-6-7-8-11-9-10-4-2;;/h5-6H,1,3-4,7-9H2,2H3;1H;/q-1;;+2/p-1/b6-5-;;. The van der Waals surface area contributed by atoms with E-state index in [1.165, 1.54) is 0 Å². The fourth-order valence-corrected chi connectivity index (χ4v) is 0.588. The minimum Gasteiger partial charge on any atom is -1.00 e. The van der Waals surface area contributed by atoms with Gasteiger partial charge in [0.25, 0.3) is 0 Å². The van der Waals surface area contributed by atoms with E-state index in [9.17, 15) is 0 Å². The van der Waals surface area contributed by atoms with Gasteiger partial charge in [0, 0.05) is 6.61 Å². The van der Waals surface area contributed by atoms with Crippen LogP contribution >= 0.6 is 0 Å². The molecule has 4 heteroatoms. The number of hydrogen-bond acceptors (Lipinski definition) is 2. The summed E-state index contributed by atoms with van der Waals surface area (Å²) in [4.78, 5) is 0. The van der Waals surface area contributed by atoms with E-state index >= 15 is 0 Å². The van der Waals surface area contributed by atoms with E-state index in [0.29, 0.717) is 13.4 Å². The van der Waals surface area contributed by atoms with Crippen LogP contribution < -0.4 is 24.0 Å². The van der Waals surface area contributed by atoms with E-state index in [-0.39, 0.29) is 47.0 Å². The second-order valence-corrected chi connectivity index (χ2v) is 2.07. The molecule has 2 nitrogen and oxygen atoms in total. The fourth-order valence-electron chi connectivity index (χ4n) is 0.588. The molecule has 0 saturated carbocycles. The maximum absolute atomic E-state index is 5.13. The van der Waals surface area contributed by atoms with Crippen LogP contribution in [0.4, 0.5) is 0 Å². The van der Waals surface area contributed by atoms with Gasteiger partial charge in [-0.1, -0.05) is 6.08 Å². The van der Waals surface area contributed by atoms with Gasteiger partial charge < -0.3 is 40.4 Å². The first-order valence-corrected chi connectivity index (χ1v) is 4.01. The quantitative estimate of drug-likeness (QED) is 0.147. The second kappa shape index (κ2) is 18.8. The van der Waals surface area contributed by atoms with E-state index in [2.05, 4.69) is 13.0 Å². The molecular formula is C9H17IMgO2. The first kappa shape index (κ1) is 19.7. The van der Waals surface area contributed by atoms with Gasteiger partial charge in [-0.25, -0.2) is 0 Å². The van der Waals surface area contributed by atoms with Gasteiger partial charge in [-0.3, -0.25) is 0 Å². The van der Waals surface area contributed by atoms with E-state index in [1.807, 2.05) is 13.0 Å². The molecule has 0 heterocycles. The Kier molecular flexibility index (Phi) is 28.5. The van der Waals surface area contributed by atoms with Gasteiger partial charge in [0.2, 0.25) is 0 Å². The van der Waals surface area contributed by atoms with Crippen LogP contribution in [-0.4, -0.2) is 43.1 Å². The van der Waals surface area contributed by atoms with Crippen molar-refractivity contribution in [2.24, 2.45) is 0 Å². The van der Waals surface area contributed by atoms with Crippen LogP contribution in [-0.2, 0) is 9.47 Å². The molecule has 0 saturated heterocycles. The van der Waals surface area contributed by atoms with E-state index in [0.717, 1.165) is 19.4 Å². The first-order valence-electron chi connectivity index (χ1n) is 4.01. The van der Waals surface area contributed by atoms with Crippen LogP contribution in [0.25, 0.3) is 0 Å². The fraction of sp³-hybridized carbons (Fsp3) is 0.667. The maximum Gasteiger partial charge on any atom is 2.00 e. The summed E-state index contributed by atoms with van der Waals surface area (Å²) in [6.07, 6.45) is 5.90. The molecule has 0 bridgehead atoms. The van der Waals surface area contributed by atoms with Gasteiger partial charge in [0.1, 0.15) is 6.79 Å². The van der Waals surface area contributed by atoms with Crippen LogP contribution in [0.5, 0.6) is 0 Å². The van der Waals surface area contributed by atoms with Crippen LogP contribution in [0.2, 0.25) is 0 Å². The summed E-state index contributed by atoms with van der Waals surface area (Å²) in [5.74, 6) is 0. The number of rotatable bonds is 7. The molecule has 0 aromatic heterocycles. The van der Waals surface area contributed by atoms with Crippen molar-refractivity contribution in [3.05, 3.63) is 19.1 Å². The zero-order valence-electron chi connectivity index (χ0n) is 8.30. The Morgan fingerprint density at radius 2 is 1.92 bits per heavy atom. The Labute approximate surface area is 115 Å². The number of ether oxygens (including phenoxy) is 2. The predicted molar refractivity (Wildman–Crippen MR) is 51.9 cm³/mol. The van der Waals surface area contributed by atoms with Gasteiger partial charge in [0.05, 0.1) is 6.61 Å². The summed E-state index contributed by atoms with van der Waals surface area (Å²) in [5, 5.41) is 0. The summed E-state index contributed by atoms with van der Waals surface area (Å²) >= 11 is 0. The van der Waals surface area contributed by atoms with Crippen LogP contribution in [0.15, 0.2) is 12.2 Å². The zero-order valence-corrected chi connectivity index (χ0v) is 11.9. The largest absolute Gasteiger partial charge is 2.00 e. The monoisotopic (exact) mass is 308 g/mol. The third-order valence-corrected chi connectivity index (χ3v) is 1.13. The molecule has 0 aromatic rings. The molecule has 0 fully saturated rings. The second-order valence-electron chi connectivity index (χ2n) is 2.07. The van der Waals surface area contributed by atoms with Crippen molar-refractivity contribution in [1.29, 1.82) is 0 Å². The van der Waals surface area contributed by atoms with Crippen molar-refractivity contribution in [3.63, 3.8) is 0 Å². The Balaban J connectivity index is -0.000000500. The predicted octanol–water partition coefficient (Wildman–Crippen LogP) is -1.21. The van der Waals surface area contributed by atoms with Crippen molar-refractivity contribution >= 4 is 23.1 Å². The summed E-state index contributed by atoms with van der Waals surface area (Å²) < 4.78 is 10.1. The van der Waals surface area contributed by atoms with E-state index < -0.39 is 0 Å². The molecule has 0 aliphatic heterocycles. The molecular weight excluding hydrogens is 291 g/mol. The van der Waals surface area contributed by atoms with Gasteiger partial charge >= 0.3 is 23.1 Å². The Bertz CT molecular complexity index is 99.6. The van der Waals surface area contributed by atoms with Crippen molar-refractivity contribution < 1.29 is 33.5 Å². The number of hydrogen-bond donors (Lipinski definition) is 0. The maximum atomic E-state index is 5.13. The molecule has 0 N–H and O–H groups in total. The smallest absolute Gasteiger partial charge is 1.00 e. The molecule has 0 rings (SSSR count). The summed E-state index contributed by atoms with van der Waals surface area (Å²) in [7, 11) is 0. The minimum atomic E-state index is 0. The molecule has 0 aromatic carbocycles. The van der Waals surface area contributed by atoms with Crippen molar-refractivity contribution in [1.82, 2.24) is 0 Å². The van der Waals surface area contributed by atoms with E-state index in [1.54, 1.807) is 0 Å². The molecule has 13 heavy (non-hydrogen) atoms. The molecule has 0 aliphatic carbocycles. The molecule has 0 amide bonds. The Morgan fingerprint density at radius 3 is 2.46 bits per heavy atom. The van der Waals surface area contributed by atoms with Crippen molar-refractivity contribution in [2.45, 2.75) is 19.8 Å². The van der Waals surface area contributed by atoms with Crippen molar-refractivity contribution in [2.75, 3.05) is 20.0 Å². The third kappa shape index (κ3) is 19.5. The number of halogens is 1. The van der Waals surface area contributed by atoms with Gasteiger partial charge in [-0.15, -0.1) is 6.08 Å². The molecule has 74 valence electrons. The Morgan fingerprint density at radius 1 is 1.23 bits per heavy atom. The topological polar surface area (TPSA) is 18.5 Å². The summed E-state index contributed by atoms with van der Waals surface area (Å²) in [6, 6.07) is 0. The van der Waals surface area contributed by atoms with E-state index in [4.69, 9.17) is 9.47 Å². The SMILES string of the molecule is [CH2-]C/C=C\CCOCOCC.[I-].[Mg+2]. The molecule has 0 radical (unpaired) electrons. The van der Waals surface area contributed by atoms with Crippen LogP contribution in [0.1, 0.15) is 19.8 Å². The summed E-state index contributed by atoms with van der Waals surface area (Å²) in [5.41, 5.74) is 0. The summed E-state index contributed by atoms with van der Waals surface area (Å²) in [6.45, 7) is 7.49. The van der Waals surface area contributed by atoms with Gasteiger partial charge in [0.15, 0.2) is 0 Å². The molecule has 0 atom stereocenters. The normalized spacial score (nSPS) is 9.38. The first-order chi connectivity index (χ1) is 5.41. The van der Waals surface area contributed by atoms with Crippen LogP contribution in [0.3, 0.4) is 0 Å². The molecule has 0 unspecified atom stereocenters. The third-order valence-electron chi connectivity index (χ3n) is 1.13. The average molecular weight is 308 g/mol. The average Bonchev–Trinajstić information content (AvgIpc) is 2.03. The zero-order chi connectivity index (χ0) is 8.36.